The van der Waals surface area contributed by atoms with Crippen LogP contribution in [0.25, 0.3) is 10.2 Å². The number of rotatable bonds is 6. The van der Waals surface area contributed by atoms with Crippen molar-refractivity contribution in [3.63, 3.8) is 0 Å². The first-order valence-electron chi connectivity index (χ1n) is 13.4. The minimum atomic E-state index is -0.240. The molecule has 0 aliphatic carbocycles. The monoisotopic (exact) mass is 535 g/mol. The fourth-order valence-electron chi connectivity index (χ4n) is 5.50. The van der Waals surface area contributed by atoms with Gasteiger partial charge in [-0.1, -0.05) is 12.1 Å². The summed E-state index contributed by atoms with van der Waals surface area (Å²) in [7, 11) is 0. The molecule has 0 radical (unpaired) electrons. The third-order valence-electron chi connectivity index (χ3n) is 7.40. The molecule has 7 nitrogen and oxygen atoms in total. The summed E-state index contributed by atoms with van der Waals surface area (Å²) in [5.41, 5.74) is 3.60. The number of nitrogens with one attached hydrogen (secondary N) is 2. The third-order valence-corrected chi connectivity index (χ3v) is 8.38. The quantitative estimate of drug-likeness (QED) is 0.449. The molecule has 2 unspecified atom stereocenters. The predicted molar refractivity (Wildman–Crippen MR) is 150 cm³/mol. The molecule has 1 aromatic carbocycles. The Labute approximate surface area is 228 Å². The van der Waals surface area contributed by atoms with E-state index in [1.54, 1.807) is 11.3 Å². The summed E-state index contributed by atoms with van der Waals surface area (Å²) in [6.45, 7) is 9.53. The summed E-state index contributed by atoms with van der Waals surface area (Å²) in [4.78, 5) is 30.6. The van der Waals surface area contributed by atoms with Gasteiger partial charge in [0, 0.05) is 30.9 Å². The molecule has 38 heavy (non-hydrogen) atoms. The molecule has 3 aromatic rings. The van der Waals surface area contributed by atoms with Gasteiger partial charge in [0.15, 0.2) is 0 Å². The van der Waals surface area contributed by atoms with Crippen molar-refractivity contribution in [3.8, 4) is 0 Å². The Kier molecular flexibility index (Phi) is 7.58. The van der Waals surface area contributed by atoms with Crippen LogP contribution in [0.15, 0.2) is 41.8 Å². The fourth-order valence-corrected chi connectivity index (χ4v) is 6.35. The standard InChI is InChI=1S/C30H37N3O4S/c1-29(2)17-22(9-12-36-29)31-27(34)20-7-5-19(6-8-20)15-21-16-25(33-24-11-14-38-26(21)24)28(35)32-23-10-13-37-30(3,4)18-23/h5-8,11,14,16,22-23H,9-10,12-13,15,17-18H2,1-4H3,(H,31,34)(H,32,35). The van der Waals surface area contributed by atoms with Gasteiger partial charge < -0.3 is 20.1 Å². The molecule has 2 aromatic heterocycles. The maximum Gasteiger partial charge on any atom is 0.270 e. The van der Waals surface area contributed by atoms with E-state index in [9.17, 15) is 9.59 Å². The van der Waals surface area contributed by atoms with Crippen LogP contribution < -0.4 is 10.6 Å². The number of fused-ring (bicyclic) bond motifs is 1. The van der Waals surface area contributed by atoms with E-state index in [-0.39, 0.29) is 35.1 Å². The lowest BCUT2D eigenvalue weighted by Crippen LogP contribution is -2.46. The van der Waals surface area contributed by atoms with Crippen molar-refractivity contribution < 1.29 is 19.1 Å². The Morgan fingerprint density at radius 3 is 2.13 bits per heavy atom. The lowest BCUT2D eigenvalue weighted by Gasteiger charge is -2.35. The van der Waals surface area contributed by atoms with Crippen molar-refractivity contribution >= 4 is 33.4 Å². The van der Waals surface area contributed by atoms with Crippen molar-refractivity contribution in [2.75, 3.05) is 13.2 Å². The average molecular weight is 536 g/mol. The summed E-state index contributed by atoms with van der Waals surface area (Å²) in [5, 5.41) is 8.34. The number of ether oxygens (including phenoxy) is 2. The molecule has 4 heterocycles. The van der Waals surface area contributed by atoms with Gasteiger partial charge in [-0.2, -0.15) is 0 Å². The summed E-state index contributed by atoms with van der Waals surface area (Å²) >= 11 is 1.63. The summed E-state index contributed by atoms with van der Waals surface area (Å²) < 4.78 is 12.6. The Hall–Kier alpha value is -2.81. The molecule has 5 rings (SSSR count). The van der Waals surface area contributed by atoms with Crippen molar-refractivity contribution in [3.05, 3.63) is 64.2 Å². The van der Waals surface area contributed by atoms with Crippen molar-refractivity contribution in [2.24, 2.45) is 0 Å². The van der Waals surface area contributed by atoms with Crippen molar-refractivity contribution in [1.82, 2.24) is 15.6 Å². The highest BCUT2D eigenvalue weighted by Crippen LogP contribution is 2.28. The highest BCUT2D eigenvalue weighted by atomic mass is 32.1. The Morgan fingerprint density at radius 2 is 1.53 bits per heavy atom. The van der Waals surface area contributed by atoms with E-state index in [1.165, 1.54) is 0 Å². The Balaban J connectivity index is 1.28. The fraction of sp³-hybridized carbons (Fsp3) is 0.500. The van der Waals surface area contributed by atoms with Crippen LogP contribution >= 0.6 is 11.3 Å². The zero-order valence-corrected chi connectivity index (χ0v) is 23.5. The van der Waals surface area contributed by atoms with Gasteiger partial charge in [-0.15, -0.1) is 11.3 Å². The second-order valence-electron chi connectivity index (χ2n) is 11.7. The predicted octanol–water partition coefficient (Wildman–Crippen LogP) is 5.26. The maximum absolute atomic E-state index is 13.2. The van der Waals surface area contributed by atoms with Crippen LogP contribution in [0.1, 0.15) is 85.4 Å². The van der Waals surface area contributed by atoms with E-state index >= 15 is 0 Å². The van der Waals surface area contributed by atoms with Crippen LogP contribution in [0.2, 0.25) is 0 Å². The number of nitrogens with zero attached hydrogens (tertiary/aromatic N) is 1. The van der Waals surface area contributed by atoms with E-state index in [1.807, 2.05) is 41.8 Å². The number of carbonyl (C=O) groups is 2. The first-order chi connectivity index (χ1) is 18.1. The normalized spacial score (nSPS) is 22.6. The minimum absolute atomic E-state index is 0.0564. The number of carbonyl (C=O) groups excluding carboxylic acids is 2. The molecule has 202 valence electrons. The van der Waals surface area contributed by atoms with Gasteiger partial charge in [0.05, 0.1) is 21.4 Å². The van der Waals surface area contributed by atoms with Gasteiger partial charge in [0.25, 0.3) is 11.8 Å². The molecule has 2 fully saturated rings. The second-order valence-corrected chi connectivity index (χ2v) is 12.6. The van der Waals surface area contributed by atoms with Crippen molar-refractivity contribution in [1.29, 1.82) is 0 Å². The number of amides is 2. The first kappa shape index (κ1) is 26.8. The van der Waals surface area contributed by atoms with E-state index in [2.05, 4.69) is 43.3 Å². The lowest BCUT2D eigenvalue weighted by molar-refractivity contribution is -0.0620. The molecule has 2 aliphatic rings. The minimum Gasteiger partial charge on any atom is -0.375 e. The van der Waals surface area contributed by atoms with Crippen LogP contribution in [0, 0.1) is 0 Å². The molecule has 2 aliphatic heterocycles. The number of aromatic nitrogens is 1. The lowest BCUT2D eigenvalue weighted by atomic mass is 9.93. The molecule has 0 bridgehead atoms. The molecule has 0 saturated carbocycles. The smallest absolute Gasteiger partial charge is 0.270 e. The third kappa shape index (κ3) is 6.42. The maximum atomic E-state index is 13.2. The number of pyridine rings is 1. The van der Waals surface area contributed by atoms with E-state index in [0.717, 1.165) is 47.0 Å². The summed E-state index contributed by atoms with van der Waals surface area (Å²) in [6, 6.07) is 11.8. The van der Waals surface area contributed by atoms with Gasteiger partial charge in [-0.3, -0.25) is 9.59 Å². The van der Waals surface area contributed by atoms with Crippen LogP contribution in [-0.4, -0.2) is 53.3 Å². The van der Waals surface area contributed by atoms with Crippen LogP contribution in [0.4, 0.5) is 0 Å². The Morgan fingerprint density at radius 1 is 0.921 bits per heavy atom. The van der Waals surface area contributed by atoms with Crippen LogP contribution in [0.5, 0.6) is 0 Å². The molecular formula is C30H37N3O4S. The van der Waals surface area contributed by atoms with Crippen LogP contribution in [0.3, 0.4) is 0 Å². The largest absolute Gasteiger partial charge is 0.375 e. The van der Waals surface area contributed by atoms with E-state index in [0.29, 0.717) is 30.9 Å². The topological polar surface area (TPSA) is 89.6 Å². The van der Waals surface area contributed by atoms with Gasteiger partial charge in [-0.05, 0) is 101 Å². The average Bonchev–Trinajstić information content (AvgIpc) is 3.32. The van der Waals surface area contributed by atoms with Gasteiger partial charge in [0.1, 0.15) is 5.69 Å². The van der Waals surface area contributed by atoms with Crippen molar-refractivity contribution in [2.45, 2.75) is 83.1 Å². The van der Waals surface area contributed by atoms with E-state index in [4.69, 9.17) is 9.47 Å². The summed E-state index contributed by atoms with van der Waals surface area (Å²) in [5.74, 6) is -0.204. The molecule has 2 saturated heterocycles. The Bertz CT molecular complexity index is 1310. The second kappa shape index (κ2) is 10.8. The number of hydrogen-bond acceptors (Lipinski definition) is 6. The number of hydrogen-bond donors (Lipinski definition) is 2. The van der Waals surface area contributed by atoms with Gasteiger partial charge in [0.2, 0.25) is 0 Å². The highest BCUT2D eigenvalue weighted by Gasteiger charge is 2.31. The zero-order valence-electron chi connectivity index (χ0n) is 22.6. The number of thiophene rings is 1. The molecule has 0 spiro atoms. The van der Waals surface area contributed by atoms with Gasteiger partial charge in [-0.25, -0.2) is 4.98 Å². The molecule has 2 amide bonds. The SMILES string of the molecule is CC1(C)CC(NC(=O)c2ccc(Cc3cc(C(=O)NC4CCOC(C)(C)C4)nc4ccsc34)cc2)CCO1. The molecule has 2 atom stereocenters. The number of benzene rings is 1. The molecule has 8 heteroatoms. The van der Waals surface area contributed by atoms with Crippen LogP contribution in [-0.2, 0) is 15.9 Å². The highest BCUT2D eigenvalue weighted by molar-refractivity contribution is 7.17. The molecule has 2 N–H and O–H groups in total. The first-order valence-corrected chi connectivity index (χ1v) is 14.3. The summed E-state index contributed by atoms with van der Waals surface area (Å²) in [6.07, 6.45) is 3.86. The van der Waals surface area contributed by atoms with E-state index < -0.39 is 0 Å². The van der Waals surface area contributed by atoms with Gasteiger partial charge >= 0.3 is 0 Å². The molecular weight excluding hydrogens is 498 g/mol. The zero-order chi connectivity index (χ0) is 26.9.